The molecular formula is C7H12N2. The first-order valence-electron chi connectivity index (χ1n) is 3.13. The van der Waals surface area contributed by atoms with Crippen LogP contribution in [0, 0.1) is 0 Å². The van der Waals surface area contributed by atoms with Gasteiger partial charge < -0.3 is 4.90 Å². The van der Waals surface area contributed by atoms with Crippen molar-refractivity contribution in [2.24, 2.45) is 4.99 Å². The Morgan fingerprint density at radius 2 is 2.33 bits per heavy atom. The maximum Gasteiger partial charge on any atom is 0.0907 e. The molecule has 0 spiro atoms. The van der Waals surface area contributed by atoms with Crippen LogP contribution in [0.2, 0.25) is 0 Å². The van der Waals surface area contributed by atoms with Crippen LogP contribution in [0.5, 0.6) is 0 Å². The third-order valence-electron chi connectivity index (χ3n) is 1.80. The summed E-state index contributed by atoms with van der Waals surface area (Å²) < 4.78 is 0. The van der Waals surface area contributed by atoms with Crippen molar-refractivity contribution in [2.45, 2.75) is 19.9 Å². The van der Waals surface area contributed by atoms with E-state index in [1.165, 1.54) is 5.57 Å². The summed E-state index contributed by atoms with van der Waals surface area (Å²) in [5.41, 5.74) is 1.32. The molecule has 0 aromatic heterocycles. The van der Waals surface area contributed by atoms with Crippen LogP contribution < -0.4 is 0 Å². The molecule has 9 heavy (non-hydrogen) atoms. The maximum absolute atomic E-state index is 4.03. The van der Waals surface area contributed by atoms with Gasteiger partial charge in [-0.2, -0.15) is 0 Å². The molecule has 0 fully saturated rings. The van der Waals surface area contributed by atoms with Crippen LogP contribution in [0.15, 0.2) is 16.8 Å². The summed E-state index contributed by atoms with van der Waals surface area (Å²) in [5, 5.41) is 0. The van der Waals surface area contributed by atoms with Crippen molar-refractivity contribution in [1.29, 1.82) is 0 Å². The molecular weight excluding hydrogens is 112 g/mol. The normalized spacial score (nSPS) is 26.3. The Bertz CT molecular complexity index is 158. The molecule has 0 radical (unpaired) electrons. The van der Waals surface area contributed by atoms with Gasteiger partial charge >= 0.3 is 0 Å². The van der Waals surface area contributed by atoms with Crippen LogP contribution in [0.25, 0.3) is 0 Å². The second-order valence-corrected chi connectivity index (χ2v) is 2.48. The lowest BCUT2D eigenvalue weighted by atomic mass is 10.1. The Balaban J connectivity index is 2.73. The Hall–Kier alpha value is -0.790. The maximum atomic E-state index is 4.03. The average molecular weight is 124 g/mol. The zero-order valence-electron chi connectivity index (χ0n) is 6.13. The third kappa shape index (κ3) is 1.12. The fourth-order valence-electron chi connectivity index (χ4n) is 0.785. The average Bonchev–Trinajstić information content (AvgIpc) is 1.83. The van der Waals surface area contributed by atoms with E-state index in [1.54, 1.807) is 0 Å². The van der Waals surface area contributed by atoms with Crippen LogP contribution in [-0.2, 0) is 0 Å². The molecule has 1 heterocycles. The quantitative estimate of drug-likeness (QED) is 0.474. The van der Waals surface area contributed by atoms with Gasteiger partial charge in [-0.25, -0.2) is 4.99 Å². The predicted octanol–water partition coefficient (Wildman–Crippen LogP) is 1.25. The van der Waals surface area contributed by atoms with Crippen LogP contribution >= 0.6 is 0 Å². The van der Waals surface area contributed by atoms with Crippen molar-refractivity contribution >= 4 is 6.34 Å². The van der Waals surface area contributed by atoms with E-state index in [0.717, 1.165) is 0 Å². The molecule has 1 unspecified atom stereocenters. The van der Waals surface area contributed by atoms with Crippen molar-refractivity contribution in [1.82, 2.24) is 4.90 Å². The van der Waals surface area contributed by atoms with Gasteiger partial charge in [0.2, 0.25) is 0 Å². The van der Waals surface area contributed by atoms with Crippen molar-refractivity contribution in [3.63, 3.8) is 0 Å². The minimum Gasteiger partial charge on any atom is -0.359 e. The summed E-state index contributed by atoms with van der Waals surface area (Å²) in [6, 6.07) is 0.516. The van der Waals surface area contributed by atoms with Crippen LogP contribution in [-0.4, -0.2) is 24.3 Å². The van der Waals surface area contributed by atoms with Gasteiger partial charge in [-0.05, 0) is 19.4 Å². The number of rotatable bonds is 0. The highest BCUT2D eigenvalue weighted by Crippen LogP contribution is 2.09. The van der Waals surface area contributed by atoms with E-state index in [0.29, 0.717) is 6.04 Å². The van der Waals surface area contributed by atoms with Crippen LogP contribution in [0.1, 0.15) is 13.8 Å². The lowest BCUT2D eigenvalue weighted by Crippen LogP contribution is -2.30. The lowest BCUT2D eigenvalue weighted by molar-refractivity contribution is 0.440. The fourth-order valence-corrected chi connectivity index (χ4v) is 0.785. The monoisotopic (exact) mass is 124 g/mol. The van der Waals surface area contributed by atoms with E-state index < -0.39 is 0 Å². The van der Waals surface area contributed by atoms with Gasteiger partial charge in [0.05, 0.1) is 6.34 Å². The van der Waals surface area contributed by atoms with Crippen molar-refractivity contribution in [2.75, 3.05) is 7.05 Å². The topological polar surface area (TPSA) is 15.6 Å². The standard InChI is InChI=1S/C7H12N2/c1-6-4-8-5-9(3)7(6)2/h4-5,7H,1-3H3. The molecule has 50 valence electrons. The molecule has 0 saturated carbocycles. The molecule has 1 atom stereocenters. The molecule has 0 saturated heterocycles. The van der Waals surface area contributed by atoms with E-state index in [1.807, 2.05) is 19.6 Å². The van der Waals surface area contributed by atoms with Crippen molar-refractivity contribution in [3.05, 3.63) is 11.8 Å². The Kier molecular flexibility index (Phi) is 1.56. The van der Waals surface area contributed by atoms with Crippen molar-refractivity contribution in [3.8, 4) is 0 Å². The largest absolute Gasteiger partial charge is 0.359 e. The van der Waals surface area contributed by atoms with Crippen LogP contribution in [0.4, 0.5) is 0 Å². The van der Waals surface area contributed by atoms with E-state index in [9.17, 15) is 0 Å². The molecule has 2 heteroatoms. The molecule has 0 amide bonds. The molecule has 1 aliphatic rings. The van der Waals surface area contributed by atoms with E-state index >= 15 is 0 Å². The minimum atomic E-state index is 0.516. The molecule has 2 nitrogen and oxygen atoms in total. The molecule has 0 N–H and O–H groups in total. The first-order valence-corrected chi connectivity index (χ1v) is 3.13. The number of nitrogens with zero attached hydrogens (tertiary/aromatic N) is 2. The SMILES string of the molecule is CC1=CN=CN(C)C1C. The zero-order chi connectivity index (χ0) is 6.85. The number of hydrogen-bond donors (Lipinski definition) is 0. The van der Waals surface area contributed by atoms with Gasteiger partial charge in [-0.15, -0.1) is 0 Å². The highest BCUT2D eigenvalue weighted by atomic mass is 15.2. The Morgan fingerprint density at radius 3 is 2.78 bits per heavy atom. The van der Waals surface area contributed by atoms with Gasteiger partial charge in [0, 0.05) is 19.3 Å². The number of likely N-dealkylation sites (N-methyl/N-ethyl adjacent to an activating group) is 1. The lowest BCUT2D eigenvalue weighted by Gasteiger charge is -2.25. The summed E-state index contributed by atoms with van der Waals surface area (Å²) in [6.45, 7) is 4.26. The second-order valence-electron chi connectivity index (χ2n) is 2.48. The Labute approximate surface area is 55.9 Å². The zero-order valence-corrected chi connectivity index (χ0v) is 6.13. The summed E-state index contributed by atoms with van der Waals surface area (Å²) >= 11 is 0. The highest BCUT2D eigenvalue weighted by Gasteiger charge is 2.09. The van der Waals surface area contributed by atoms with Gasteiger partial charge in [0.1, 0.15) is 0 Å². The smallest absolute Gasteiger partial charge is 0.0907 e. The molecule has 0 bridgehead atoms. The first-order chi connectivity index (χ1) is 4.22. The van der Waals surface area contributed by atoms with Crippen molar-refractivity contribution < 1.29 is 0 Å². The molecule has 1 rings (SSSR count). The Morgan fingerprint density at radius 1 is 1.67 bits per heavy atom. The molecule has 0 aromatic carbocycles. The minimum absolute atomic E-state index is 0.516. The highest BCUT2D eigenvalue weighted by molar-refractivity contribution is 5.58. The summed E-state index contributed by atoms with van der Waals surface area (Å²) in [7, 11) is 2.03. The molecule has 0 aromatic rings. The van der Waals surface area contributed by atoms with Gasteiger partial charge in [-0.1, -0.05) is 0 Å². The van der Waals surface area contributed by atoms with Gasteiger partial charge in [0.15, 0.2) is 0 Å². The van der Waals surface area contributed by atoms with Gasteiger partial charge in [0.25, 0.3) is 0 Å². The van der Waals surface area contributed by atoms with E-state index in [-0.39, 0.29) is 0 Å². The third-order valence-corrected chi connectivity index (χ3v) is 1.80. The number of hydrogen-bond acceptors (Lipinski definition) is 2. The summed E-state index contributed by atoms with van der Waals surface area (Å²) in [6.07, 6.45) is 3.75. The second kappa shape index (κ2) is 2.21. The van der Waals surface area contributed by atoms with E-state index in [2.05, 4.69) is 23.7 Å². The van der Waals surface area contributed by atoms with Gasteiger partial charge in [-0.3, -0.25) is 0 Å². The predicted molar refractivity (Wildman–Crippen MR) is 39.5 cm³/mol. The summed E-state index contributed by atoms with van der Waals surface area (Å²) in [4.78, 5) is 6.12. The number of aliphatic imine (C=N–C) groups is 1. The first kappa shape index (κ1) is 6.33. The van der Waals surface area contributed by atoms with E-state index in [4.69, 9.17) is 0 Å². The summed E-state index contributed by atoms with van der Waals surface area (Å²) in [5.74, 6) is 0. The fraction of sp³-hybridized carbons (Fsp3) is 0.571. The van der Waals surface area contributed by atoms with Crippen LogP contribution in [0.3, 0.4) is 0 Å². The molecule has 1 aliphatic heterocycles. The molecule has 0 aliphatic carbocycles.